The number of thioether (sulfide) groups is 1. The maximum atomic E-state index is 12.6. The Kier molecular flexibility index (Phi) is 13.4. The van der Waals surface area contributed by atoms with E-state index in [1.807, 2.05) is 6.26 Å². The highest BCUT2D eigenvalue weighted by Crippen LogP contribution is 2.06. The van der Waals surface area contributed by atoms with Crippen molar-refractivity contribution in [3.63, 3.8) is 0 Å². The van der Waals surface area contributed by atoms with Crippen molar-refractivity contribution in [3.05, 3.63) is 0 Å². The summed E-state index contributed by atoms with van der Waals surface area (Å²) in [5, 5.41) is 16.7. The molecule has 0 rings (SSSR count). The lowest BCUT2D eigenvalue weighted by Crippen LogP contribution is -2.59. The van der Waals surface area contributed by atoms with Crippen molar-refractivity contribution in [1.29, 1.82) is 0 Å². The third kappa shape index (κ3) is 9.39. The molecule has 0 saturated carbocycles. The average Bonchev–Trinajstić information content (AvgIpc) is 2.65. The zero-order valence-electron chi connectivity index (χ0n) is 16.2. The Morgan fingerprint density at radius 3 is 1.96 bits per heavy atom. The number of carboxylic acids is 1. The van der Waals surface area contributed by atoms with Crippen molar-refractivity contribution in [2.45, 2.75) is 44.4 Å². The van der Waals surface area contributed by atoms with Gasteiger partial charge < -0.3 is 26.8 Å². The van der Waals surface area contributed by atoms with Gasteiger partial charge in [0, 0.05) is 11.5 Å². The second kappa shape index (κ2) is 14.0. The fourth-order valence-electron chi connectivity index (χ4n) is 2.10. The van der Waals surface area contributed by atoms with E-state index in [0.29, 0.717) is 5.75 Å². The molecule has 4 unspecified atom stereocenters. The number of carboxylic acid groups (broad SMARTS) is 1. The Morgan fingerprint density at radius 1 is 0.964 bits per heavy atom. The Hall–Kier alpha value is -1.11. The van der Waals surface area contributed by atoms with Crippen LogP contribution >= 0.6 is 37.0 Å². The number of aliphatic carboxylic acids is 1. The smallest absolute Gasteiger partial charge is 0.326 e. The highest BCUT2D eigenvalue weighted by atomic mass is 32.2. The molecule has 0 fully saturated rings. The molecule has 0 aromatic rings. The maximum Gasteiger partial charge on any atom is 0.326 e. The van der Waals surface area contributed by atoms with Gasteiger partial charge in [0.1, 0.15) is 18.1 Å². The van der Waals surface area contributed by atoms with Gasteiger partial charge in [-0.1, -0.05) is 13.8 Å². The van der Waals surface area contributed by atoms with Crippen LogP contribution in [0.25, 0.3) is 0 Å². The predicted molar refractivity (Wildman–Crippen MR) is 117 cm³/mol. The standard InChI is InChI=1S/C16H30N4O5S3/c1-8(2)12(15(23)18-10(16(24)25)4-5-28-3)20-14(22)11(7-27)19-13(21)9(17)6-26/h8-12,26-27H,4-7,17H2,1-3H3,(H,18,23)(H,19,21)(H,20,22)(H,24,25). The van der Waals surface area contributed by atoms with E-state index < -0.39 is 47.9 Å². The number of thiol groups is 2. The lowest BCUT2D eigenvalue weighted by atomic mass is 10.0. The van der Waals surface area contributed by atoms with Gasteiger partial charge in [-0.2, -0.15) is 37.0 Å². The molecule has 4 atom stereocenters. The highest BCUT2D eigenvalue weighted by molar-refractivity contribution is 7.98. The molecule has 12 heteroatoms. The molecule has 0 aromatic heterocycles. The molecule has 0 bridgehead atoms. The molecule has 6 N–H and O–H groups in total. The minimum atomic E-state index is -1.14. The third-order valence-corrected chi connectivity index (χ3v) is 5.22. The Balaban J connectivity index is 5.10. The van der Waals surface area contributed by atoms with Crippen molar-refractivity contribution < 1.29 is 24.3 Å². The normalized spacial score (nSPS) is 15.2. The molecule has 0 aliphatic heterocycles. The SMILES string of the molecule is CSCCC(NC(=O)C(NC(=O)C(CS)NC(=O)C(N)CS)C(C)C)C(=O)O. The van der Waals surface area contributed by atoms with Crippen LogP contribution in [-0.4, -0.2) is 76.5 Å². The summed E-state index contributed by atoms with van der Waals surface area (Å²) in [5.74, 6) is -2.56. The summed E-state index contributed by atoms with van der Waals surface area (Å²) >= 11 is 9.46. The third-order valence-electron chi connectivity index (χ3n) is 3.82. The van der Waals surface area contributed by atoms with E-state index in [4.69, 9.17) is 5.73 Å². The van der Waals surface area contributed by atoms with Gasteiger partial charge in [0.2, 0.25) is 17.7 Å². The zero-order chi connectivity index (χ0) is 21.9. The molecule has 28 heavy (non-hydrogen) atoms. The van der Waals surface area contributed by atoms with E-state index in [1.165, 1.54) is 11.8 Å². The van der Waals surface area contributed by atoms with Crippen LogP contribution in [0.1, 0.15) is 20.3 Å². The van der Waals surface area contributed by atoms with E-state index in [1.54, 1.807) is 13.8 Å². The van der Waals surface area contributed by atoms with Gasteiger partial charge in [-0.15, -0.1) is 0 Å². The molecule has 0 aliphatic carbocycles. The summed E-state index contributed by atoms with van der Waals surface area (Å²) in [6.07, 6.45) is 2.10. The summed E-state index contributed by atoms with van der Waals surface area (Å²) < 4.78 is 0. The van der Waals surface area contributed by atoms with Crippen molar-refractivity contribution in [3.8, 4) is 0 Å². The number of nitrogens with two attached hydrogens (primary N) is 1. The molecule has 0 spiro atoms. The van der Waals surface area contributed by atoms with E-state index in [9.17, 15) is 24.3 Å². The number of nitrogens with one attached hydrogen (secondary N) is 3. The summed E-state index contributed by atoms with van der Waals surface area (Å²) in [6, 6.07) is -3.90. The maximum absolute atomic E-state index is 12.6. The molecule has 3 amide bonds. The van der Waals surface area contributed by atoms with E-state index in [0.717, 1.165) is 0 Å². The van der Waals surface area contributed by atoms with E-state index in [-0.39, 0.29) is 23.8 Å². The number of hydrogen-bond acceptors (Lipinski definition) is 8. The van der Waals surface area contributed by atoms with Gasteiger partial charge in [0.15, 0.2) is 0 Å². The average molecular weight is 455 g/mol. The van der Waals surface area contributed by atoms with E-state index in [2.05, 4.69) is 41.2 Å². The lowest BCUT2D eigenvalue weighted by molar-refractivity contribution is -0.142. The number of hydrogen-bond donors (Lipinski definition) is 7. The molecule has 0 saturated heterocycles. The highest BCUT2D eigenvalue weighted by Gasteiger charge is 2.31. The molecule has 162 valence electrons. The molecule has 0 aromatic carbocycles. The first kappa shape index (κ1) is 26.9. The topological polar surface area (TPSA) is 151 Å². The quantitative estimate of drug-likeness (QED) is 0.179. The van der Waals surface area contributed by atoms with Gasteiger partial charge in [0.05, 0.1) is 6.04 Å². The molecule has 0 heterocycles. The van der Waals surface area contributed by atoms with Gasteiger partial charge in [-0.25, -0.2) is 4.79 Å². The number of carbonyl (C=O) groups excluding carboxylic acids is 3. The van der Waals surface area contributed by atoms with Crippen LogP contribution in [0.2, 0.25) is 0 Å². The number of amides is 3. The van der Waals surface area contributed by atoms with Crippen LogP contribution in [0.15, 0.2) is 0 Å². The first-order chi connectivity index (χ1) is 13.1. The molecular weight excluding hydrogens is 424 g/mol. The Labute approximate surface area is 180 Å². The van der Waals surface area contributed by atoms with E-state index >= 15 is 0 Å². The lowest BCUT2D eigenvalue weighted by Gasteiger charge is -2.26. The van der Waals surface area contributed by atoms with Gasteiger partial charge in [-0.05, 0) is 24.3 Å². The summed E-state index contributed by atoms with van der Waals surface area (Å²) in [4.78, 5) is 48.3. The Bertz CT molecular complexity index is 550. The van der Waals surface area contributed by atoms with Crippen molar-refractivity contribution >= 4 is 60.7 Å². The molecule has 0 radical (unpaired) electrons. The van der Waals surface area contributed by atoms with Crippen LogP contribution in [0.3, 0.4) is 0 Å². The molecule has 9 nitrogen and oxygen atoms in total. The molecular formula is C16H30N4O5S3. The van der Waals surface area contributed by atoms with Crippen LogP contribution in [0.5, 0.6) is 0 Å². The van der Waals surface area contributed by atoms with Crippen molar-refractivity contribution in [2.75, 3.05) is 23.5 Å². The Morgan fingerprint density at radius 2 is 1.54 bits per heavy atom. The van der Waals surface area contributed by atoms with Crippen LogP contribution < -0.4 is 21.7 Å². The van der Waals surface area contributed by atoms with Gasteiger partial charge >= 0.3 is 5.97 Å². The second-order valence-electron chi connectivity index (χ2n) is 6.44. The minimum absolute atomic E-state index is 0.00519. The molecule has 0 aliphatic rings. The van der Waals surface area contributed by atoms with Crippen LogP contribution in [0.4, 0.5) is 0 Å². The summed E-state index contributed by atoms with van der Waals surface area (Å²) in [5.41, 5.74) is 5.57. The fraction of sp³-hybridized carbons (Fsp3) is 0.750. The second-order valence-corrected chi connectivity index (χ2v) is 8.16. The zero-order valence-corrected chi connectivity index (χ0v) is 18.8. The van der Waals surface area contributed by atoms with Gasteiger partial charge in [0.25, 0.3) is 0 Å². The van der Waals surface area contributed by atoms with Crippen LogP contribution in [0, 0.1) is 5.92 Å². The first-order valence-corrected chi connectivity index (χ1v) is 11.3. The number of carbonyl (C=O) groups is 4. The largest absolute Gasteiger partial charge is 0.480 e. The summed E-state index contributed by atoms with van der Waals surface area (Å²) in [6.45, 7) is 3.43. The van der Waals surface area contributed by atoms with Gasteiger partial charge in [-0.3, -0.25) is 14.4 Å². The number of rotatable bonds is 13. The van der Waals surface area contributed by atoms with Crippen molar-refractivity contribution in [2.24, 2.45) is 11.7 Å². The minimum Gasteiger partial charge on any atom is -0.480 e. The predicted octanol–water partition coefficient (Wildman–Crippen LogP) is -0.879. The summed E-state index contributed by atoms with van der Waals surface area (Å²) in [7, 11) is 0. The van der Waals surface area contributed by atoms with Crippen LogP contribution in [-0.2, 0) is 19.2 Å². The fourth-order valence-corrected chi connectivity index (χ4v) is 2.99. The van der Waals surface area contributed by atoms with Crippen molar-refractivity contribution in [1.82, 2.24) is 16.0 Å². The first-order valence-electron chi connectivity index (χ1n) is 8.69. The monoisotopic (exact) mass is 454 g/mol.